The number of nitrogen functional groups attached to an aromatic ring is 1. The minimum absolute atomic E-state index is 0.0449. The average molecular weight is 467 g/mol. The van der Waals surface area contributed by atoms with Gasteiger partial charge < -0.3 is 9.80 Å². The van der Waals surface area contributed by atoms with E-state index in [0.717, 1.165) is 20.4 Å². The smallest absolute Gasteiger partial charge is 0.254 e. The molecule has 0 saturated carbocycles. The molecule has 0 radical (unpaired) electrons. The maximum Gasteiger partial charge on any atom is 0.254 e. The van der Waals surface area contributed by atoms with Gasteiger partial charge in [0.25, 0.3) is 5.91 Å². The highest BCUT2D eigenvalue weighted by atomic mass is 79.9. The van der Waals surface area contributed by atoms with Crippen LogP contribution in [0.25, 0.3) is 10.2 Å². The molecule has 3 aromatic rings. The maximum absolute atomic E-state index is 12.7. The van der Waals surface area contributed by atoms with Crippen LogP contribution in [0.4, 0.5) is 10.8 Å². The van der Waals surface area contributed by atoms with Crippen molar-refractivity contribution in [1.29, 1.82) is 0 Å². The Morgan fingerprint density at radius 2 is 2.00 bits per heavy atom. The van der Waals surface area contributed by atoms with E-state index in [4.69, 9.17) is 17.4 Å². The van der Waals surface area contributed by atoms with Crippen LogP contribution in [-0.4, -0.2) is 42.0 Å². The van der Waals surface area contributed by atoms with E-state index in [-0.39, 0.29) is 5.91 Å². The van der Waals surface area contributed by atoms with Crippen molar-refractivity contribution in [2.45, 2.75) is 0 Å². The highest BCUT2D eigenvalue weighted by Crippen LogP contribution is 2.38. The van der Waals surface area contributed by atoms with E-state index in [0.29, 0.717) is 41.9 Å². The third kappa shape index (κ3) is 3.62. The van der Waals surface area contributed by atoms with Crippen molar-refractivity contribution in [2.24, 2.45) is 5.84 Å². The largest absolute Gasteiger partial charge is 0.365 e. The van der Waals surface area contributed by atoms with Gasteiger partial charge in [-0.25, -0.2) is 10.8 Å². The summed E-state index contributed by atoms with van der Waals surface area (Å²) in [6.45, 7) is 2.65. The lowest BCUT2D eigenvalue weighted by Crippen LogP contribution is -2.49. The predicted molar refractivity (Wildman–Crippen MR) is 115 cm³/mol. The van der Waals surface area contributed by atoms with E-state index in [1.807, 2.05) is 41.3 Å². The molecule has 1 amide bonds. The fraction of sp³-hybridized carbons (Fsp3) is 0.222. The lowest BCUT2D eigenvalue weighted by molar-refractivity contribution is 0.0747. The fourth-order valence-corrected chi connectivity index (χ4v) is 4.71. The molecule has 6 nitrogen and oxygen atoms in total. The van der Waals surface area contributed by atoms with Crippen LogP contribution < -0.4 is 16.2 Å². The zero-order valence-electron chi connectivity index (χ0n) is 14.3. The number of nitrogens with one attached hydrogen (secondary N) is 1. The van der Waals surface area contributed by atoms with Gasteiger partial charge in [0.15, 0.2) is 5.13 Å². The molecule has 0 unspecified atom stereocenters. The lowest BCUT2D eigenvalue weighted by Gasteiger charge is -2.36. The van der Waals surface area contributed by atoms with E-state index >= 15 is 0 Å². The molecule has 1 aliphatic heterocycles. The molecule has 2 aromatic carbocycles. The van der Waals surface area contributed by atoms with E-state index < -0.39 is 0 Å². The van der Waals surface area contributed by atoms with Crippen LogP contribution >= 0.6 is 38.9 Å². The van der Waals surface area contributed by atoms with Gasteiger partial charge in [0, 0.05) is 36.2 Å². The number of carbonyl (C=O) groups excluding carboxylic acids is 1. The number of benzene rings is 2. The van der Waals surface area contributed by atoms with Gasteiger partial charge >= 0.3 is 0 Å². The summed E-state index contributed by atoms with van der Waals surface area (Å²) in [6.07, 6.45) is 0. The fourth-order valence-electron chi connectivity index (χ4n) is 3.26. The highest BCUT2D eigenvalue weighted by Gasteiger charge is 2.25. The lowest BCUT2D eigenvalue weighted by atomic mass is 10.1. The molecule has 0 atom stereocenters. The number of rotatable bonds is 3. The zero-order chi connectivity index (χ0) is 19.0. The van der Waals surface area contributed by atoms with Gasteiger partial charge in [-0.1, -0.05) is 44.9 Å². The van der Waals surface area contributed by atoms with Crippen LogP contribution in [0.1, 0.15) is 10.4 Å². The number of hydrazine groups is 1. The second-order valence-electron chi connectivity index (χ2n) is 6.20. The number of amides is 1. The number of piperazine rings is 1. The number of halogens is 2. The Morgan fingerprint density at radius 1 is 1.22 bits per heavy atom. The third-order valence-electron chi connectivity index (χ3n) is 4.56. The molecule has 0 bridgehead atoms. The van der Waals surface area contributed by atoms with Crippen molar-refractivity contribution >= 4 is 65.8 Å². The molecule has 4 rings (SSSR count). The third-order valence-corrected chi connectivity index (χ3v) is 6.31. The molecule has 0 aliphatic carbocycles. The summed E-state index contributed by atoms with van der Waals surface area (Å²) in [7, 11) is 0. The molecule has 1 aromatic heterocycles. The number of hydrogen-bond donors (Lipinski definition) is 2. The minimum Gasteiger partial charge on any atom is -0.365 e. The van der Waals surface area contributed by atoms with Gasteiger partial charge in [0.2, 0.25) is 0 Å². The monoisotopic (exact) mass is 465 g/mol. The molecule has 3 N–H and O–H groups in total. The van der Waals surface area contributed by atoms with Crippen LogP contribution in [0.5, 0.6) is 0 Å². The van der Waals surface area contributed by atoms with Crippen LogP contribution in [0, 0.1) is 0 Å². The Morgan fingerprint density at radius 3 is 2.70 bits per heavy atom. The summed E-state index contributed by atoms with van der Waals surface area (Å²) in [5.74, 6) is 5.55. The second kappa shape index (κ2) is 7.63. The summed E-state index contributed by atoms with van der Waals surface area (Å²) >= 11 is 11.4. The average Bonchev–Trinajstić information content (AvgIpc) is 3.11. The molecule has 1 saturated heterocycles. The Kier molecular flexibility index (Phi) is 5.23. The number of nitrogens with two attached hydrogens (primary N) is 1. The van der Waals surface area contributed by atoms with Crippen LogP contribution in [0.15, 0.2) is 40.9 Å². The second-order valence-corrected chi connectivity index (χ2v) is 8.55. The van der Waals surface area contributed by atoms with Gasteiger partial charge in [-0.15, -0.1) is 0 Å². The number of hydrogen-bond acceptors (Lipinski definition) is 6. The van der Waals surface area contributed by atoms with E-state index in [1.54, 1.807) is 0 Å². The summed E-state index contributed by atoms with van der Waals surface area (Å²) in [4.78, 5) is 21.4. The SMILES string of the molecule is NNc1nc2c(N3CCN(C(=O)c4cccc(Br)c4)CC3)c(Cl)ccc2s1. The van der Waals surface area contributed by atoms with Gasteiger partial charge in [0.1, 0.15) is 5.52 Å². The number of fused-ring (bicyclic) bond motifs is 1. The number of aromatic nitrogens is 1. The van der Waals surface area contributed by atoms with Gasteiger partial charge in [-0.2, -0.15) is 0 Å². The van der Waals surface area contributed by atoms with E-state index in [9.17, 15) is 4.79 Å². The number of nitrogens with zero attached hydrogens (tertiary/aromatic N) is 3. The molecule has 1 fully saturated rings. The van der Waals surface area contributed by atoms with Crippen LogP contribution in [0.2, 0.25) is 5.02 Å². The quantitative estimate of drug-likeness (QED) is 0.451. The topological polar surface area (TPSA) is 74.5 Å². The molecule has 0 spiro atoms. The van der Waals surface area contributed by atoms with E-state index in [2.05, 4.69) is 31.2 Å². The molecular weight excluding hydrogens is 450 g/mol. The first kappa shape index (κ1) is 18.5. The van der Waals surface area contributed by atoms with Crippen molar-refractivity contribution in [1.82, 2.24) is 9.88 Å². The first-order chi connectivity index (χ1) is 13.1. The molecule has 9 heteroatoms. The first-order valence-corrected chi connectivity index (χ1v) is 10.4. The first-order valence-electron chi connectivity index (χ1n) is 8.42. The van der Waals surface area contributed by atoms with Gasteiger partial charge in [-0.3, -0.25) is 10.2 Å². The van der Waals surface area contributed by atoms with E-state index in [1.165, 1.54) is 11.3 Å². The van der Waals surface area contributed by atoms with Gasteiger partial charge in [0.05, 0.1) is 15.4 Å². The van der Waals surface area contributed by atoms with Crippen molar-refractivity contribution in [3.63, 3.8) is 0 Å². The zero-order valence-corrected chi connectivity index (χ0v) is 17.4. The highest BCUT2D eigenvalue weighted by molar-refractivity contribution is 9.10. The van der Waals surface area contributed by atoms with Crippen LogP contribution in [-0.2, 0) is 0 Å². The maximum atomic E-state index is 12.7. The standard InChI is InChI=1S/C18H17BrClN5OS/c19-12-3-1-2-11(10-12)17(26)25-8-6-24(7-9-25)16-13(20)4-5-14-15(16)22-18(23-21)27-14/h1-5,10H,6-9,21H2,(H,22,23). The van der Waals surface area contributed by atoms with Crippen molar-refractivity contribution < 1.29 is 4.79 Å². The normalized spacial score (nSPS) is 14.6. The van der Waals surface area contributed by atoms with Crippen LogP contribution in [0.3, 0.4) is 0 Å². The molecule has 140 valence electrons. The van der Waals surface area contributed by atoms with Crippen molar-refractivity contribution in [3.05, 3.63) is 51.5 Å². The molecule has 1 aliphatic rings. The Balaban J connectivity index is 1.54. The van der Waals surface area contributed by atoms with Gasteiger partial charge in [-0.05, 0) is 30.3 Å². The summed E-state index contributed by atoms with van der Waals surface area (Å²) in [5.41, 5.74) is 5.03. The molecule has 27 heavy (non-hydrogen) atoms. The Hall–Kier alpha value is -1.87. The molecular formula is C18H17BrClN5OS. The number of carbonyl (C=O) groups is 1. The Labute approximate surface area is 174 Å². The number of thiazole rings is 1. The molecule has 2 heterocycles. The Bertz CT molecular complexity index is 1000. The minimum atomic E-state index is 0.0449. The summed E-state index contributed by atoms with van der Waals surface area (Å²) in [6, 6.07) is 11.3. The van der Waals surface area contributed by atoms with Crippen molar-refractivity contribution in [2.75, 3.05) is 36.5 Å². The van der Waals surface area contributed by atoms with Crippen molar-refractivity contribution in [3.8, 4) is 0 Å². The summed E-state index contributed by atoms with van der Waals surface area (Å²) < 4.78 is 1.92. The predicted octanol–water partition coefficient (Wildman–Crippen LogP) is 3.96. The number of anilines is 2. The summed E-state index contributed by atoms with van der Waals surface area (Å²) in [5, 5.41) is 1.31.